The van der Waals surface area contributed by atoms with Gasteiger partial charge < -0.3 is 0 Å². The molecule has 0 spiro atoms. The largest absolute Gasteiger partial charge is 0.287 e. The van der Waals surface area contributed by atoms with Crippen molar-refractivity contribution in [1.82, 2.24) is 10.2 Å². The maximum Gasteiger partial charge on any atom is 0.210 e. The Balaban J connectivity index is 3.03. The van der Waals surface area contributed by atoms with Crippen LogP contribution in [0.1, 0.15) is 0 Å². The maximum absolute atomic E-state index is 13.2. The second kappa shape index (κ2) is 2.92. The normalized spacial score (nSPS) is 10.6. The minimum absolute atomic E-state index is 0.0400. The summed E-state index contributed by atoms with van der Waals surface area (Å²) in [5.41, 5.74) is -0.0295. The molecule has 66 valence electrons. The number of nitrogens with one attached hydrogen (secondary N) is 1. The molecule has 0 saturated carbocycles. The van der Waals surface area contributed by atoms with Crippen molar-refractivity contribution in [3.63, 3.8) is 0 Å². The highest BCUT2D eigenvalue weighted by molar-refractivity contribution is 9.10. The summed E-state index contributed by atoms with van der Waals surface area (Å²) in [6.07, 6.45) is 1.05. The van der Waals surface area contributed by atoms with Gasteiger partial charge in [0.25, 0.3) is 0 Å². The lowest BCUT2D eigenvalue weighted by atomic mass is 10.2. The van der Waals surface area contributed by atoms with Gasteiger partial charge in [-0.3, -0.25) is 9.89 Å². The molecule has 2 rings (SSSR count). The molecule has 13 heavy (non-hydrogen) atoms. The average molecular weight is 243 g/mol. The lowest BCUT2D eigenvalue weighted by Gasteiger charge is -1.98. The minimum Gasteiger partial charge on any atom is -0.287 e. The van der Waals surface area contributed by atoms with Gasteiger partial charge in [-0.1, -0.05) is 15.9 Å². The van der Waals surface area contributed by atoms with E-state index in [1.54, 1.807) is 6.07 Å². The summed E-state index contributed by atoms with van der Waals surface area (Å²) in [4.78, 5) is 11.2. The Kier molecular flexibility index (Phi) is 1.88. The van der Waals surface area contributed by atoms with Gasteiger partial charge in [0.05, 0.1) is 17.1 Å². The van der Waals surface area contributed by atoms with Gasteiger partial charge in [-0.25, -0.2) is 4.39 Å². The molecule has 0 aliphatic heterocycles. The second-order valence-corrected chi connectivity index (χ2v) is 3.46. The number of aromatic amines is 1. The van der Waals surface area contributed by atoms with E-state index in [0.29, 0.717) is 9.99 Å². The average Bonchev–Trinajstić information content (AvgIpc) is 2.02. The molecule has 1 aromatic heterocycles. The van der Waals surface area contributed by atoms with Crippen molar-refractivity contribution in [2.24, 2.45) is 0 Å². The first kappa shape index (κ1) is 8.37. The second-order valence-electron chi connectivity index (χ2n) is 2.54. The van der Waals surface area contributed by atoms with Gasteiger partial charge in [0.15, 0.2) is 0 Å². The van der Waals surface area contributed by atoms with Crippen LogP contribution in [0.15, 0.2) is 27.6 Å². The fourth-order valence-electron chi connectivity index (χ4n) is 1.14. The molecule has 0 atom stereocenters. The Morgan fingerprint density at radius 3 is 3.00 bits per heavy atom. The smallest absolute Gasteiger partial charge is 0.210 e. The van der Waals surface area contributed by atoms with Gasteiger partial charge in [0.2, 0.25) is 5.43 Å². The third kappa shape index (κ3) is 1.35. The van der Waals surface area contributed by atoms with Crippen molar-refractivity contribution in [3.05, 3.63) is 38.8 Å². The van der Waals surface area contributed by atoms with Crippen LogP contribution < -0.4 is 5.43 Å². The topological polar surface area (TPSA) is 45.8 Å². The summed E-state index contributed by atoms with van der Waals surface area (Å²) in [6.45, 7) is 0. The zero-order valence-electron chi connectivity index (χ0n) is 6.34. The molecule has 1 aromatic carbocycles. The summed E-state index contributed by atoms with van der Waals surface area (Å²) < 4.78 is 13.8. The number of H-pyrrole nitrogens is 1. The molecular formula is C8H4BrFN2O. The van der Waals surface area contributed by atoms with Crippen molar-refractivity contribution in [3.8, 4) is 0 Å². The van der Waals surface area contributed by atoms with Crippen LogP contribution in [0.25, 0.3) is 10.9 Å². The molecule has 0 aliphatic carbocycles. The van der Waals surface area contributed by atoms with Crippen molar-refractivity contribution >= 4 is 26.8 Å². The zero-order valence-corrected chi connectivity index (χ0v) is 7.93. The van der Waals surface area contributed by atoms with E-state index in [2.05, 4.69) is 26.1 Å². The van der Waals surface area contributed by atoms with Crippen molar-refractivity contribution < 1.29 is 4.39 Å². The molecular weight excluding hydrogens is 239 g/mol. The predicted molar refractivity (Wildman–Crippen MR) is 50.0 cm³/mol. The van der Waals surface area contributed by atoms with Crippen LogP contribution in [0.5, 0.6) is 0 Å². The van der Waals surface area contributed by atoms with Crippen LogP contribution in [-0.2, 0) is 0 Å². The van der Waals surface area contributed by atoms with Gasteiger partial charge in [-0.15, -0.1) is 0 Å². The maximum atomic E-state index is 13.2. The summed E-state index contributed by atoms with van der Waals surface area (Å²) in [6, 6.07) is 2.85. The van der Waals surface area contributed by atoms with E-state index in [0.717, 1.165) is 6.20 Å². The van der Waals surface area contributed by atoms with Gasteiger partial charge in [-0.2, -0.15) is 5.10 Å². The van der Waals surface area contributed by atoms with Crippen molar-refractivity contribution in [2.45, 2.75) is 0 Å². The van der Waals surface area contributed by atoms with Gasteiger partial charge in [-0.05, 0) is 12.1 Å². The fraction of sp³-hybridized carbons (Fsp3) is 0. The Morgan fingerprint density at radius 1 is 1.46 bits per heavy atom. The number of hydrogen-bond acceptors (Lipinski definition) is 2. The minimum atomic E-state index is -0.548. The van der Waals surface area contributed by atoms with E-state index in [4.69, 9.17) is 0 Å². The van der Waals surface area contributed by atoms with Crippen LogP contribution in [-0.4, -0.2) is 10.2 Å². The standard InChI is InChI=1S/C8H4BrFN2O/c9-4-1-5(10)8-6(2-4)12-11-3-7(8)13/h1-3H,(H,12,13). The SMILES string of the molecule is O=c1cn[nH]c2cc(Br)cc(F)c12. The molecule has 0 aliphatic rings. The number of benzene rings is 1. The number of rotatable bonds is 0. The van der Waals surface area contributed by atoms with Gasteiger partial charge in [0.1, 0.15) is 5.82 Å². The summed E-state index contributed by atoms with van der Waals surface area (Å²) in [7, 11) is 0. The number of aromatic nitrogens is 2. The van der Waals surface area contributed by atoms with Crippen LogP contribution in [0.2, 0.25) is 0 Å². The molecule has 0 bridgehead atoms. The van der Waals surface area contributed by atoms with Gasteiger partial charge >= 0.3 is 0 Å². The number of hydrogen-bond donors (Lipinski definition) is 1. The van der Waals surface area contributed by atoms with Gasteiger partial charge in [0, 0.05) is 4.47 Å². The number of fused-ring (bicyclic) bond motifs is 1. The zero-order chi connectivity index (χ0) is 9.42. The van der Waals surface area contributed by atoms with Crippen LogP contribution in [0, 0.1) is 5.82 Å². The summed E-state index contributed by atoms with van der Waals surface area (Å²) in [5.74, 6) is -0.548. The van der Waals surface area contributed by atoms with Crippen LogP contribution >= 0.6 is 15.9 Å². The Morgan fingerprint density at radius 2 is 2.23 bits per heavy atom. The van der Waals surface area contributed by atoms with E-state index in [9.17, 15) is 9.18 Å². The first-order chi connectivity index (χ1) is 6.18. The van der Waals surface area contributed by atoms with E-state index in [1.807, 2.05) is 0 Å². The van der Waals surface area contributed by atoms with Crippen molar-refractivity contribution in [1.29, 1.82) is 0 Å². The lowest BCUT2D eigenvalue weighted by molar-refractivity contribution is 0.637. The third-order valence-corrected chi connectivity index (χ3v) is 2.13. The Hall–Kier alpha value is -1.23. The summed E-state index contributed by atoms with van der Waals surface area (Å²) in [5, 5.41) is 6.16. The molecule has 0 fully saturated rings. The van der Waals surface area contributed by atoms with Crippen LogP contribution in [0.4, 0.5) is 4.39 Å². The fourth-order valence-corrected chi connectivity index (χ4v) is 1.57. The molecule has 0 saturated heterocycles. The molecule has 0 unspecified atom stereocenters. The Labute approximate surface area is 80.7 Å². The number of halogens is 2. The number of nitrogens with zero attached hydrogens (tertiary/aromatic N) is 1. The van der Waals surface area contributed by atoms with E-state index >= 15 is 0 Å². The Bertz CT molecular complexity index is 523. The van der Waals surface area contributed by atoms with E-state index in [-0.39, 0.29) is 5.39 Å². The monoisotopic (exact) mass is 242 g/mol. The first-order valence-electron chi connectivity index (χ1n) is 3.51. The molecule has 3 nitrogen and oxygen atoms in total. The predicted octanol–water partition coefficient (Wildman–Crippen LogP) is 1.82. The van der Waals surface area contributed by atoms with E-state index in [1.165, 1.54) is 6.07 Å². The molecule has 1 N–H and O–H groups in total. The highest BCUT2D eigenvalue weighted by atomic mass is 79.9. The third-order valence-electron chi connectivity index (χ3n) is 1.67. The molecule has 0 radical (unpaired) electrons. The molecule has 5 heteroatoms. The quantitative estimate of drug-likeness (QED) is 0.767. The molecule has 2 aromatic rings. The summed E-state index contributed by atoms with van der Waals surface area (Å²) >= 11 is 3.12. The molecule has 0 amide bonds. The highest BCUT2D eigenvalue weighted by Gasteiger charge is 2.06. The lowest BCUT2D eigenvalue weighted by Crippen LogP contribution is -2.05. The highest BCUT2D eigenvalue weighted by Crippen LogP contribution is 2.18. The molecule has 1 heterocycles. The first-order valence-corrected chi connectivity index (χ1v) is 4.30. The van der Waals surface area contributed by atoms with E-state index < -0.39 is 11.2 Å². The van der Waals surface area contributed by atoms with Crippen LogP contribution in [0.3, 0.4) is 0 Å². The van der Waals surface area contributed by atoms with Crippen molar-refractivity contribution in [2.75, 3.05) is 0 Å².